The SMILES string of the molecule is O=C(O)C1(NS(=O)(=O)c2ccc(F)cc2Br)CCCC1. The molecule has 0 heterocycles. The number of carboxylic acids is 1. The zero-order valence-electron chi connectivity index (χ0n) is 10.4. The van der Waals surface area contributed by atoms with Crippen molar-refractivity contribution in [3.63, 3.8) is 0 Å². The third kappa shape index (κ3) is 2.87. The van der Waals surface area contributed by atoms with Crippen LogP contribution in [0.25, 0.3) is 0 Å². The van der Waals surface area contributed by atoms with Gasteiger partial charge in [0.05, 0.1) is 4.90 Å². The molecule has 0 bridgehead atoms. The van der Waals surface area contributed by atoms with E-state index in [-0.39, 0.29) is 22.2 Å². The van der Waals surface area contributed by atoms with Crippen molar-refractivity contribution >= 4 is 31.9 Å². The van der Waals surface area contributed by atoms with Gasteiger partial charge in [-0.3, -0.25) is 4.79 Å². The molecule has 8 heteroatoms. The highest BCUT2D eigenvalue weighted by Crippen LogP contribution is 2.32. The fraction of sp³-hybridized carbons (Fsp3) is 0.417. The fourth-order valence-electron chi connectivity index (χ4n) is 2.34. The Kier molecular flexibility index (Phi) is 4.17. The topological polar surface area (TPSA) is 83.5 Å². The molecule has 0 unspecified atom stereocenters. The van der Waals surface area contributed by atoms with Gasteiger partial charge in [-0.05, 0) is 47.0 Å². The van der Waals surface area contributed by atoms with Crippen LogP contribution in [-0.4, -0.2) is 25.0 Å². The van der Waals surface area contributed by atoms with Crippen molar-refractivity contribution in [2.24, 2.45) is 0 Å². The van der Waals surface area contributed by atoms with Gasteiger partial charge in [0.25, 0.3) is 0 Å². The molecule has 0 amide bonds. The molecule has 0 aliphatic heterocycles. The molecule has 0 spiro atoms. The van der Waals surface area contributed by atoms with Gasteiger partial charge in [0.2, 0.25) is 10.0 Å². The van der Waals surface area contributed by atoms with Crippen molar-refractivity contribution in [3.05, 3.63) is 28.5 Å². The predicted octanol–water partition coefficient (Wildman–Crippen LogP) is 2.26. The van der Waals surface area contributed by atoms with Gasteiger partial charge in [0.15, 0.2) is 0 Å². The lowest BCUT2D eigenvalue weighted by atomic mass is 10.0. The van der Waals surface area contributed by atoms with Crippen molar-refractivity contribution in [1.29, 1.82) is 0 Å². The van der Waals surface area contributed by atoms with Crippen LogP contribution in [0.4, 0.5) is 4.39 Å². The highest BCUT2D eigenvalue weighted by atomic mass is 79.9. The summed E-state index contributed by atoms with van der Waals surface area (Å²) in [4.78, 5) is 11.2. The first-order chi connectivity index (χ1) is 9.27. The summed E-state index contributed by atoms with van der Waals surface area (Å²) in [5, 5.41) is 9.29. The van der Waals surface area contributed by atoms with E-state index in [0.29, 0.717) is 12.8 Å². The van der Waals surface area contributed by atoms with Crippen molar-refractivity contribution in [3.8, 4) is 0 Å². The predicted molar refractivity (Wildman–Crippen MR) is 73.3 cm³/mol. The van der Waals surface area contributed by atoms with Crippen LogP contribution in [-0.2, 0) is 14.8 Å². The van der Waals surface area contributed by atoms with Crippen LogP contribution in [0.5, 0.6) is 0 Å². The van der Waals surface area contributed by atoms with Crippen LogP contribution in [0.15, 0.2) is 27.6 Å². The lowest BCUT2D eigenvalue weighted by molar-refractivity contribution is -0.143. The largest absolute Gasteiger partial charge is 0.480 e. The number of rotatable bonds is 4. The molecule has 1 aromatic carbocycles. The molecule has 0 atom stereocenters. The molecule has 0 radical (unpaired) electrons. The maximum atomic E-state index is 13.0. The van der Waals surface area contributed by atoms with E-state index in [1.54, 1.807) is 0 Å². The monoisotopic (exact) mass is 365 g/mol. The van der Waals surface area contributed by atoms with Gasteiger partial charge < -0.3 is 5.11 Å². The van der Waals surface area contributed by atoms with E-state index in [9.17, 15) is 22.7 Å². The Balaban J connectivity index is 2.38. The van der Waals surface area contributed by atoms with Crippen LogP contribution < -0.4 is 4.72 Å². The minimum Gasteiger partial charge on any atom is -0.480 e. The summed E-state index contributed by atoms with van der Waals surface area (Å²) < 4.78 is 39.9. The van der Waals surface area contributed by atoms with Gasteiger partial charge in [0.1, 0.15) is 11.4 Å². The van der Waals surface area contributed by atoms with Gasteiger partial charge in [-0.25, -0.2) is 12.8 Å². The van der Waals surface area contributed by atoms with E-state index in [4.69, 9.17) is 0 Å². The second-order valence-electron chi connectivity index (χ2n) is 4.77. The third-order valence-electron chi connectivity index (χ3n) is 3.38. The number of carbonyl (C=O) groups is 1. The molecule has 1 fully saturated rings. The summed E-state index contributed by atoms with van der Waals surface area (Å²) in [5.74, 6) is -1.76. The number of halogens is 2. The van der Waals surface area contributed by atoms with E-state index in [1.165, 1.54) is 0 Å². The Morgan fingerprint density at radius 2 is 1.95 bits per heavy atom. The van der Waals surface area contributed by atoms with Gasteiger partial charge in [-0.2, -0.15) is 4.72 Å². The molecular formula is C12H13BrFNO4S. The number of carboxylic acid groups (broad SMARTS) is 1. The third-order valence-corrected chi connectivity index (χ3v) is 5.89. The fourth-order valence-corrected chi connectivity index (χ4v) is 4.81. The highest BCUT2D eigenvalue weighted by Gasteiger charge is 2.45. The molecule has 0 saturated heterocycles. The Bertz CT molecular complexity index is 641. The lowest BCUT2D eigenvalue weighted by Crippen LogP contribution is -2.52. The Morgan fingerprint density at radius 3 is 2.45 bits per heavy atom. The molecule has 20 heavy (non-hydrogen) atoms. The first kappa shape index (κ1) is 15.4. The summed E-state index contributed by atoms with van der Waals surface area (Å²) in [5.41, 5.74) is -1.47. The smallest absolute Gasteiger partial charge is 0.324 e. The van der Waals surface area contributed by atoms with Crippen LogP contribution in [0.3, 0.4) is 0 Å². The number of benzene rings is 1. The maximum Gasteiger partial charge on any atom is 0.324 e. The molecule has 5 nitrogen and oxygen atoms in total. The van der Waals surface area contributed by atoms with E-state index in [1.807, 2.05) is 0 Å². The van der Waals surface area contributed by atoms with Crippen molar-refractivity contribution in [1.82, 2.24) is 4.72 Å². The molecule has 2 N–H and O–H groups in total. The van der Waals surface area contributed by atoms with E-state index in [0.717, 1.165) is 18.2 Å². The molecule has 1 saturated carbocycles. The van der Waals surface area contributed by atoms with Gasteiger partial charge in [-0.15, -0.1) is 0 Å². The highest BCUT2D eigenvalue weighted by molar-refractivity contribution is 9.10. The first-order valence-electron chi connectivity index (χ1n) is 5.99. The van der Waals surface area contributed by atoms with Crippen molar-refractivity contribution < 1.29 is 22.7 Å². The van der Waals surface area contributed by atoms with E-state index >= 15 is 0 Å². The maximum absolute atomic E-state index is 13.0. The minimum atomic E-state index is -4.04. The number of nitrogens with one attached hydrogen (secondary N) is 1. The molecular weight excluding hydrogens is 353 g/mol. The van der Waals surface area contributed by atoms with E-state index in [2.05, 4.69) is 20.7 Å². The second kappa shape index (κ2) is 5.42. The summed E-state index contributed by atoms with van der Waals surface area (Å²) in [6.07, 6.45) is 1.81. The summed E-state index contributed by atoms with van der Waals surface area (Å²) in [6.45, 7) is 0. The van der Waals surface area contributed by atoms with Crippen LogP contribution in [0, 0.1) is 5.82 Å². The van der Waals surface area contributed by atoms with Crippen molar-refractivity contribution in [2.75, 3.05) is 0 Å². The van der Waals surface area contributed by atoms with Crippen molar-refractivity contribution in [2.45, 2.75) is 36.1 Å². The molecule has 110 valence electrons. The molecule has 0 aromatic heterocycles. The standard InChI is InChI=1S/C12H13BrFNO4S/c13-9-7-8(14)3-4-10(9)20(18,19)15-12(11(16)17)5-1-2-6-12/h3-4,7,15H,1-2,5-6H2,(H,16,17). The molecule has 1 aliphatic carbocycles. The Morgan fingerprint density at radius 1 is 1.35 bits per heavy atom. The Labute approximate surface area is 124 Å². The summed E-state index contributed by atoms with van der Waals surface area (Å²) in [7, 11) is -4.04. The van der Waals surface area contributed by atoms with E-state index < -0.39 is 27.3 Å². The average molecular weight is 366 g/mol. The number of hydrogen-bond donors (Lipinski definition) is 2. The minimum absolute atomic E-state index is 0.0588. The summed E-state index contributed by atoms with van der Waals surface area (Å²) >= 11 is 2.98. The number of sulfonamides is 1. The lowest BCUT2D eigenvalue weighted by Gasteiger charge is -2.25. The quantitative estimate of drug-likeness (QED) is 0.856. The Hall–Kier alpha value is -0.990. The zero-order chi connectivity index (χ0) is 15.0. The van der Waals surface area contributed by atoms with Crippen LogP contribution in [0.2, 0.25) is 0 Å². The number of aliphatic carboxylic acids is 1. The second-order valence-corrected chi connectivity index (χ2v) is 7.28. The average Bonchev–Trinajstić information content (AvgIpc) is 2.77. The molecule has 1 aromatic rings. The van der Waals surface area contributed by atoms with Crippen LogP contribution >= 0.6 is 15.9 Å². The van der Waals surface area contributed by atoms with Crippen LogP contribution in [0.1, 0.15) is 25.7 Å². The first-order valence-corrected chi connectivity index (χ1v) is 8.27. The number of hydrogen-bond acceptors (Lipinski definition) is 3. The van der Waals surface area contributed by atoms with Gasteiger partial charge in [-0.1, -0.05) is 12.8 Å². The normalized spacial score (nSPS) is 18.1. The zero-order valence-corrected chi connectivity index (χ0v) is 12.8. The molecule has 1 aliphatic rings. The van der Waals surface area contributed by atoms with Gasteiger partial charge in [0, 0.05) is 4.47 Å². The summed E-state index contributed by atoms with van der Waals surface area (Å²) in [6, 6.07) is 3.14. The van der Waals surface area contributed by atoms with Gasteiger partial charge >= 0.3 is 5.97 Å². The molecule has 2 rings (SSSR count).